The SMILES string of the molecule is CCS(=O)(=O)c1ccc(Cl)nc1-c1nc2cc(SC)ccc2o1. The summed E-state index contributed by atoms with van der Waals surface area (Å²) in [6.07, 6.45) is 1.96. The van der Waals surface area contributed by atoms with E-state index in [2.05, 4.69) is 9.97 Å². The van der Waals surface area contributed by atoms with E-state index in [4.69, 9.17) is 16.0 Å². The van der Waals surface area contributed by atoms with Crippen LogP contribution in [0.5, 0.6) is 0 Å². The molecule has 0 aliphatic carbocycles. The first-order valence-electron chi connectivity index (χ1n) is 6.79. The van der Waals surface area contributed by atoms with Gasteiger partial charge in [-0.3, -0.25) is 0 Å². The number of rotatable bonds is 4. The fraction of sp³-hybridized carbons (Fsp3) is 0.200. The maximum atomic E-state index is 12.3. The van der Waals surface area contributed by atoms with Crippen molar-refractivity contribution in [3.8, 4) is 11.6 Å². The van der Waals surface area contributed by atoms with Crippen molar-refractivity contribution < 1.29 is 12.8 Å². The molecule has 23 heavy (non-hydrogen) atoms. The summed E-state index contributed by atoms with van der Waals surface area (Å²) in [6.45, 7) is 1.57. The van der Waals surface area contributed by atoms with Crippen molar-refractivity contribution in [1.82, 2.24) is 9.97 Å². The van der Waals surface area contributed by atoms with Gasteiger partial charge in [-0.1, -0.05) is 18.5 Å². The van der Waals surface area contributed by atoms with Crippen molar-refractivity contribution in [2.24, 2.45) is 0 Å². The van der Waals surface area contributed by atoms with Crippen molar-refractivity contribution in [2.75, 3.05) is 12.0 Å². The van der Waals surface area contributed by atoms with E-state index < -0.39 is 9.84 Å². The van der Waals surface area contributed by atoms with Gasteiger partial charge in [-0.05, 0) is 36.6 Å². The second-order valence-electron chi connectivity index (χ2n) is 4.74. The van der Waals surface area contributed by atoms with Crippen LogP contribution in [0.1, 0.15) is 6.92 Å². The molecular weight excluding hydrogens is 356 g/mol. The van der Waals surface area contributed by atoms with Gasteiger partial charge < -0.3 is 4.42 Å². The van der Waals surface area contributed by atoms with Crippen molar-refractivity contribution >= 4 is 44.3 Å². The van der Waals surface area contributed by atoms with Gasteiger partial charge in [0.25, 0.3) is 0 Å². The molecule has 0 radical (unpaired) electrons. The minimum atomic E-state index is -3.47. The van der Waals surface area contributed by atoms with Crippen molar-refractivity contribution in [1.29, 1.82) is 0 Å². The Morgan fingerprint density at radius 2 is 2.00 bits per heavy atom. The zero-order valence-electron chi connectivity index (χ0n) is 12.4. The lowest BCUT2D eigenvalue weighted by Crippen LogP contribution is -2.07. The molecule has 0 N–H and O–H groups in total. The van der Waals surface area contributed by atoms with Gasteiger partial charge in [0.05, 0.1) is 10.6 Å². The van der Waals surface area contributed by atoms with Gasteiger partial charge >= 0.3 is 0 Å². The van der Waals surface area contributed by atoms with Gasteiger partial charge in [0.2, 0.25) is 5.89 Å². The molecule has 5 nitrogen and oxygen atoms in total. The molecule has 0 spiro atoms. The fourth-order valence-electron chi connectivity index (χ4n) is 2.12. The Hall–Kier alpha value is -1.57. The number of hydrogen-bond acceptors (Lipinski definition) is 6. The number of sulfone groups is 1. The third kappa shape index (κ3) is 3.08. The number of benzene rings is 1. The lowest BCUT2D eigenvalue weighted by atomic mass is 10.3. The molecule has 0 atom stereocenters. The maximum Gasteiger partial charge on any atom is 0.247 e. The monoisotopic (exact) mass is 368 g/mol. The van der Waals surface area contributed by atoms with Gasteiger partial charge in [0, 0.05) is 4.90 Å². The predicted molar refractivity (Wildman–Crippen MR) is 91.8 cm³/mol. The number of oxazole rings is 1. The highest BCUT2D eigenvalue weighted by Gasteiger charge is 2.23. The minimum Gasteiger partial charge on any atom is -0.435 e. The van der Waals surface area contributed by atoms with E-state index in [0.29, 0.717) is 11.1 Å². The quantitative estimate of drug-likeness (QED) is 0.510. The molecule has 0 fully saturated rings. The van der Waals surface area contributed by atoms with Crippen LogP contribution in [-0.4, -0.2) is 30.4 Å². The van der Waals surface area contributed by atoms with Crippen LogP contribution in [0.15, 0.2) is 44.5 Å². The first kappa shape index (κ1) is 16.3. The third-order valence-corrected chi connectivity index (χ3v) is 6.03. The van der Waals surface area contributed by atoms with Gasteiger partial charge in [-0.25, -0.2) is 18.4 Å². The molecule has 3 rings (SSSR count). The van der Waals surface area contributed by atoms with Crippen LogP contribution in [0.25, 0.3) is 22.7 Å². The molecule has 0 aliphatic heterocycles. The lowest BCUT2D eigenvalue weighted by molar-refractivity contribution is 0.592. The van der Waals surface area contributed by atoms with Crippen molar-refractivity contribution in [2.45, 2.75) is 16.7 Å². The number of nitrogens with zero attached hydrogens (tertiary/aromatic N) is 2. The van der Waals surface area contributed by atoms with Crippen LogP contribution in [0.4, 0.5) is 0 Å². The molecule has 0 bridgehead atoms. The molecular formula is C15H13ClN2O3S2. The van der Waals surface area contributed by atoms with Crippen LogP contribution >= 0.6 is 23.4 Å². The Bertz CT molecular complexity index is 984. The van der Waals surface area contributed by atoms with Gasteiger partial charge in [0.1, 0.15) is 16.4 Å². The number of thioether (sulfide) groups is 1. The van der Waals surface area contributed by atoms with E-state index in [1.165, 1.54) is 12.1 Å². The highest BCUT2D eigenvalue weighted by Crippen LogP contribution is 2.31. The van der Waals surface area contributed by atoms with Crippen LogP contribution in [-0.2, 0) is 9.84 Å². The normalized spacial score (nSPS) is 12.0. The fourth-order valence-corrected chi connectivity index (χ4v) is 3.71. The van der Waals surface area contributed by atoms with Gasteiger partial charge in [-0.2, -0.15) is 0 Å². The minimum absolute atomic E-state index is 0.0415. The standard InChI is InChI=1S/C15H13ClN2O3S2/c1-3-23(19,20)12-6-7-13(16)18-14(12)15-17-10-8-9(22-2)4-5-11(10)21-15/h4-8H,3H2,1-2H3. The second-order valence-corrected chi connectivity index (χ2v) is 8.25. The Balaban J connectivity index is 2.24. The van der Waals surface area contributed by atoms with E-state index in [1.807, 2.05) is 18.4 Å². The van der Waals surface area contributed by atoms with E-state index in [9.17, 15) is 8.42 Å². The van der Waals surface area contributed by atoms with Crippen LogP contribution in [0, 0.1) is 0 Å². The molecule has 0 amide bonds. The zero-order valence-corrected chi connectivity index (χ0v) is 14.8. The molecule has 120 valence electrons. The summed E-state index contributed by atoms with van der Waals surface area (Å²) in [5.41, 5.74) is 1.36. The summed E-state index contributed by atoms with van der Waals surface area (Å²) in [6, 6.07) is 8.48. The predicted octanol–water partition coefficient (Wildman–Crippen LogP) is 4.06. The number of pyridine rings is 1. The van der Waals surface area contributed by atoms with E-state index in [0.717, 1.165) is 4.90 Å². The lowest BCUT2D eigenvalue weighted by Gasteiger charge is -2.05. The summed E-state index contributed by atoms with van der Waals surface area (Å²) in [5, 5.41) is 0.183. The number of aromatic nitrogens is 2. The molecule has 0 saturated carbocycles. The zero-order chi connectivity index (χ0) is 16.6. The molecule has 0 unspecified atom stereocenters. The van der Waals surface area contributed by atoms with Crippen LogP contribution in [0.2, 0.25) is 5.15 Å². The largest absolute Gasteiger partial charge is 0.435 e. The Kier molecular flexibility index (Phi) is 4.35. The topological polar surface area (TPSA) is 73.1 Å². The first-order chi connectivity index (χ1) is 10.9. The molecule has 0 saturated heterocycles. The summed E-state index contributed by atoms with van der Waals surface area (Å²) in [5.74, 6) is 0.105. The Morgan fingerprint density at radius 3 is 2.70 bits per heavy atom. The van der Waals surface area contributed by atoms with Crippen molar-refractivity contribution in [3.05, 3.63) is 35.5 Å². The molecule has 3 aromatic rings. The molecule has 8 heteroatoms. The van der Waals surface area contributed by atoms with Crippen LogP contribution < -0.4 is 0 Å². The van der Waals surface area contributed by atoms with Gasteiger partial charge in [0.15, 0.2) is 15.4 Å². The summed E-state index contributed by atoms with van der Waals surface area (Å²) in [4.78, 5) is 9.61. The molecule has 1 aromatic carbocycles. The van der Waals surface area contributed by atoms with Crippen LogP contribution in [0.3, 0.4) is 0 Å². The Morgan fingerprint density at radius 1 is 1.22 bits per heavy atom. The molecule has 2 aromatic heterocycles. The molecule has 0 aliphatic rings. The van der Waals surface area contributed by atoms with Gasteiger partial charge in [-0.15, -0.1) is 11.8 Å². The summed E-state index contributed by atoms with van der Waals surface area (Å²) >= 11 is 7.52. The highest BCUT2D eigenvalue weighted by atomic mass is 35.5. The molecule has 2 heterocycles. The highest BCUT2D eigenvalue weighted by molar-refractivity contribution is 7.98. The maximum absolute atomic E-state index is 12.3. The summed E-state index contributed by atoms with van der Waals surface area (Å²) in [7, 11) is -3.47. The smallest absolute Gasteiger partial charge is 0.247 e. The number of halogens is 1. The number of fused-ring (bicyclic) bond motifs is 1. The first-order valence-corrected chi connectivity index (χ1v) is 10.0. The second kappa shape index (κ2) is 6.14. The van der Waals surface area contributed by atoms with E-state index in [1.54, 1.807) is 24.8 Å². The third-order valence-electron chi connectivity index (χ3n) is 3.34. The average Bonchev–Trinajstić information content (AvgIpc) is 2.97. The van der Waals surface area contributed by atoms with E-state index >= 15 is 0 Å². The average molecular weight is 369 g/mol. The van der Waals surface area contributed by atoms with E-state index in [-0.39, 0.29) is 27.4 Å². The Labute approximate surface area is 143 Å². The summed E-state index contributed by atoms with van der Waals surface area (Å²) < 4.78 is 30.2. The number of hydrogen-bond donors (Lipinski definition) is 0. The van der Waals surface area contributed by atoms with Crippen molar-refractivity contribution in [3.63, 3.8) is 0 Å².